The zero-order valence-corrected chi connectivity index (χ0v) is 15.5. The molecule has 130 valence electrons. The minimum absolute atomic E-state index is 0.00576. The molecule has 0 saturated carbocycles. The summed E-state index contributed by atoms with van der Waals surface area (Å²) in [7, 11) is 2.55. The Morgan fingerprint density at radius 3 is 2.40 bits per heavy atom. The number of hydrogen-bond acceptors (Lipinski definition) is 4. The summed E-state index contributed by atoms with van der Waals surface area (Å²) in [4.78, 5) is 7.92. The first kappa shape index (κ1) is 17.6. The molecule has 0 spiro atoms. The third-order valence-electron chi connectivity index (χ3n) is 3.98. The molecule has 0 fully saturated rings. The molecule has 2 aromatic carbocycles. The van der Waals surface area contributed by atoms with Crippen LogP contribution in [0.25, 0.3) is 5.76 Å². The van der Waals surface area contributed by atoms with E-state index in [0.29, 0.717) is 21.1 Å². The summed E-state index contributed by atoms with van der Waals surface area (Å²) in [5.41, 5.74) is 2.08. The van der Waals surface area contributed by atoms with Crippen LogP contribution in [0, 0.1) is 0 Å². The summed E-state index contributed by atoms with van der Waals surface area (Å²) in [5.74, 6) is 0.0635. The first-order valence-electron chi connectivity index (χ1n) is 8.21. The lowest BCUT2D eigenvalue weighted by Crippen LogP contribution is -2.24. The van der Waals surface area contributed by atoms with E-state index in [2.05, 4.69) is 4.90 Å². The molecule has 0 bridgehead atoms. The maximum absolute atomic E-state index is 13.0. The van der Waals surface area contributed by atoms with Crippen LogP contribution in [0.1, 0.15) is 18.1 Å². The summed E-state index contributed by atoms with van der Waals surface area (Å²) in [5, 5.41) is 10.7. The number of aliphatic hydroxyl groups is 1. The van der Waals surface area contributed by atoms with E-state index in [1.165, 1.54) is 0 Å². The Labute approximate surface area is 151 Å². The number of likely N-dealkylation sites (N-methyl/N-ethyl adjacent to an activating group) is 1. The zero-order valence-electron chi connectivity index (χ0n) is 14.6. The maximum atomic E-state index is 13.0. The molecule has 0 saturated heterocycles. The number of rotatable bonds is 5. The predicted molar refractivity (Wildman–Crippen MR) is 103 cm³/mol. The van der Waals surface area contributed by atoms with Gasteiger partial charge in [-0.25, -0.2) is 4.21 Å². The van der Waals surface area contributed by atoms with Crippen molar-refractivity contribution >= 4 is 22.3 Å². The van der Waals surface area contributed by atoms with Crippen molar-refractivity contribution in [2.75, 3.05) is 20.6 Å². The van der Waals surface area contributed by atoms with Gasteiger partial charge in [-0.1, -0.05) is 42.5 Å². The van der Waals surface area contributed by atoms with Gasteiger partial charge in [0.2, 0.25) is 0 Å². The Kier molecular flexibility index (Phi) is 5.16. The first-order chi connectivity index (χ1) is 12.0. The van der Waals surface area contributed by atoms with Crippen molar-refractivity contribution in [2.24, 2.45) is 4.99 Å². The van der Waals surface area contributed by atoms with Crippen molar-refractivity contribution in [2.45, 2.75) is 17.9 Å². The molecule has 0 aromatic heterocycles. The van der Waals surface area contributed by atoms with Gasteiger partial charge in [-0.2, -0.15) is 0 Å². The normalized spacial score (nSPS) is 18.6. The predicted octanol–water partition coefficient (Wildman–Crippen LogP) is 3.47. The Morgan fingerprint density at radius 1 is 1.12 bits per heavy atom. The number of allylic oxidation sites excluding steroid dienone is 1. The van der Waals surface area contributed by atoms with Gasteiger partial charge in [0.05, 0.1) is 27.4 Å². The Hall–Kier alpha value is -2.24. The van der Waals surface area contributed by atoms with Crippen molar-refractivity contribution in [3.05, 3.63) is 70.6 Å². The lowest BCUT2D eigenvalue weighted by Gasteiger charge is -2.16. The van der Waals surface area contributed by atoms with Crippen molar-refractivity contribution in [1.29, 1.82) is 0 Å². The molecule has 1 N–H and O–H groups in total. The SMILES string of the molecule is CC(CN(C)C)N=C(C1=C(O)c2ccccc2S1=O)c1ccccc1. The van der Waals surface area contributed by atoms with Gasteiger partial charge in [-0.3, -0.25) is 4.99 Å². The highest BCUT2D eigenvalue weighted by Crippen LogP contribution is 2.36. The second kappa shape index (κ2) is 7.33. The summed E-state index contributed by atoms with van der Waals surface area (Å²) in [6.07, 6.45) is 0. The smallest absolute Gasteiger partial charge is 0.142 e. The van der Waals surface area contributed by atoms with Gasteiger partial charge < -0.3 is 10.0 Å². The maximum Gasteiger partial charge on any atom is 0.142 e. The van der Waals surface area contributed by atoms with E-state index >= 15 is 0 Å². The average molecular weight is 354 g/mol. The molecule has 2 aromatic rings. The summed E-state index contributed by atoms with van der Waals surface area (Å²) in [6, 6.07) is 16.9. The number of aliphatic hydroxyl groups excluding tert-OH is 1. The van der Waals surface area contributed by atoms with Gasteiger partial charge >= 0.3 is 0 Å². The standard InChI is InChI=1S/C20H22N2O2S/c1-14(13-22(2)3)21-18(15-9-5-4-6-10-15)20-19(23)16-11-7-8-12-17(16)25(20)24/h4-12,14,23H,13H2,1-3H3. The third kappa shape index (κ3) is 3.57. The molecule has 5 heteroatoms. The van der Waals surface area contributed by atoms with E-state index in [9.17, 15) is 9.32 Å². The molecule has 1 aliphatic heterocycles. The number of benzene rings is 2. The molecule has 0 aliphatic carbocycles. The van der Waals surface area contributed by atoms with Crippen LogP contribution in [-0.2, 0) is 10.8 Å². The fraction of sp³-hybridized carbons (Fsp3) is 0.250. The topological polar surface area (TPSA) is 52.9 Å². The number of hydrogen-bond donors (Lipinski definition) is 1. The molecule has 2 unspecified atom stereocenters. The highest BCUT2D eigenvalue weighted by atomic mass is 32.2. The van der Waals surface area contributed by atoms with E-state index in [1.807, 2.05) is 63.5 Å². The van der Waals surface area contributed by atoms with Crippen LogP contribution < -0.4 is 0 Å². The molecule has 0 radical (unpaired) electrons. The van der Waals surface area contributed by atoms with Crippen LogP contribution in [0.4, 0.5) is 0 Å². The second-order valence-corrected chi connectivity index (χ2v) is 7.78. The number of nitrogens with zero attached hydrogens (tertiary/aromatic N) is 2. The molecular formula is C20H22N2O2S. The minimum atomic E-state index is -1.44. The van der Waals surface area contributed by atoms with E-state index in [0.717, 1.165) is 12.1 Å². The fourth-order valence-electron chi connectivity index (χ4n) is 2.99. The van der Waals surface area contributed by atoms with Gasteiger partial charge in [0.15, 0.2) is 0 Å². The Balaban J connectivity index is 2.12. The van der Waals surface area contributed by atoms with Crippen molar-refractivity contribution < 1.29 is 9.32 Å². The van der Waals surface area contributed by atoms with Crippen molar-refractivity contribution in [3.8, 4) is 0 Å². The molecule has 1 aliphatic rings. The van der Waals surface area contributed by atoms with Crippen molar-refractivity contribution in [1.82, 2.24) is 4.90 Å². The number of fused-ring (bicyclic) bond motifs is 1. The van der Waals surface area contributed by atoms with Crippen LogP contribution in [0.15, 0.2) is 69.4 Å². The van der Waals surface area contributed by atoms with E-state index in [1.54, 1.807) is 12.1 Å². The van der Waals surface area contributed by atoms with Gasteiger partial charge in [0.25, 0.3) is 0 Å². The molecule has 25 heavy (non-hydrogen) atoms. The summed E-state index contributed by atoms with van der Waals surface area (Å²) < 4.78 is 13.0. The van der Waals surface area contributed by atoms with Crippen LogP contribution in [0.2, 0.25) is 0 Å². The molecule has 1 heterocycles. The molecule has 3 rings (SSSR count). The van der Waals surface area contributed by atoms with Crippen LogP contribution in [0.3, 0.4) is 0 Å². The zero-order chi connectivity index (χ0) is 18.0. The molecule has 2 atom stereocenters. The summed E-state index contributed by atoms with van der Waals surface area (Å²) >= 11 is 0. The van der Waals surface area contributed by atoms with Gasteiger partial charge in [0.1, 0.15) is 10.7 Å². The summed E-state index contributed by atoms with van der Waals surface area (Å²) in [6.45, 7) is 2.79. The van der Waals surface area contributed by atoms with Crippen LogP contribution >= 0.6 is 0 Å². The highest BCUT2D eigenvalue weighted by Gasteiger charge is 2.32. The minimum Gasteiger partial charge on any atom is -0.506 e. The van der Waals surface area contributed by atoms with Crippen LogP contribution in [-0.4, -0.2) is 46.6 Å². The first-order valence-corrected chi connectivity index (χ1v) is 9.36. The average Bonchev–Trinajstić information content (AvgIpc) is 2.85. The number of aliphatic imine (C=N–C) groups is 1. The third-order valence-corrected chi connectivity index (χ3v) is 5.50. The fourth-order valence-corrected chi connectivity index (χ4v) is 4.41. The van der Waals surface area contributed by atoms with Gasteiger partial charge in [-0.05, 0) is 33.2 Å². The monoisotopic (exact) mass is 354 g/mol. The molecule has 4 nitrogen and oxygen atoms in total. The molecule has 0 amide bonds. The van der Waals surface area contributed by atoms with Gasteiger partial charge in [0, 0.05) is 17.7 Å². The quantitative estimate of drug-likeness (QED) is 0.837. The molecular weight excluding hydrogens is 332 g/mol. The van der Waals surface area contributed by atoms with Crippen molar-refractivity contribution in [3.63, 3.8) is 0 Å². The highest BCUT2D eigenvalue weighted by molar-refractivity contribution is 7.90. The Morgan fingerprint density at radius 2 is 1.76 bits per heavy atom. The van der Waals surface area contributed by atoms with E-state index in [-0.39, 0.29) is 11.8 Å². The lowest BCUT2D eigenvalue weighted by atomic mass is 10.1. The second-order valence-electron chi connectivity index (χ2n) is 6.40. The largest absolute Gasteiger partial charge is 0.506 e. The van der Waals surface area contributed by atoms with E-state index < -0.39 is 10.8 Å². The van der Waals surface area contributed by atoms with E-state index in [4.69, 9.17) is 4.99 Å². The van der Waals surface area contributed by atoms with Crippen LogP contribution in [0.5, 0.6) is 0 Å². The van der Waals surface area contributed by atoms with Gasteiger partial charge in [-0.15, -0.1) is 0 Å². The lowest BCUT2D eigenvalue weighted by molar-refractivity contribution is 0.384. The Bertz CT molecular complexity index is 857.